The Morgan fingerprint density at radius 1 is 1.53 bits per heavy atom. The van der Waals surface area contributed by atoms with Crippen molar-refractivity contribution in [1.29, 1.82) is 0 Å². The van der Waals surface area contributed by atoms with Crippen molar-refractivity contribution in [1.82, 2.24) is 9.36 Å². The van der Waals surface area contributed by atoms with Crippen molar-refractivity contribution in [3.63, 3.8) is 0 Å². The predicted octanol–water partition coefficient (Wildman–Crippen LogP) is 3.17. The first kappa shape index (κ1) is 12.4. The van der Waals surface area contributed by atoms with Gasteiger partial charge in [0, 0.05) is 30.5 Å². The van der Waals surface area contributed by atoms with E-state index in [4.69, 9.17) is 5.73 Å². The van der Waals surface area contributed by atoms with Crippen LogP contribution in [0.3, 0.4) is 0 Å². The smallest absolute Gasteiger partial charge is 0.147 e. The van der Waals surface area contributed by atoms with Gasteiger partial charge >= 0.3 is 0 Å². The number of anilines is 2. The summed E-state index contributed by atoms with van der Waals surface area (Å²) in [4.78, 5) is 6.66. The zero-order valence-electron chi connectivity index (χ0n) is 11.0. The first-order valence-electron chi connectivity index (χ1n) is 6.73. The lowest BCUT2D eigenvalue weighted by molar-refractivity contribution is 0.649. The summed E-state index contributed by atoms with van der Waals surface area (Å²) >= 11 is 1.51. The molecule has 1 unspecified atom stereocenters. The topological polar surface area (TPSA) is 55.0 Å². The summed E-state index contributed by atoms with van der Waals surface area (Å²) in [6.07, 6.45) is 7.33. The summed E-state index contributed by atoms with van der Waals surface area (Å²) in [7, 11) is 0. The third kappa shape index (κ3) is 2.18. The van der Waals surface area contributed by atoms with E-state index in [9.17, 15) is 0 Å². The molecule has 0 amide bonds. The van der Waals surface area contributed by atoms with E-state index in [1.165, 1.54) is 35.8 Å². The molecule has 1 atom stereocenters. The van der Waals surface area contributed by atoms with Crippen LogP contribution in [-0.4, -0.2) is 21.9 Å². The van der Waals surface area contributed by atoms with Crippen LogP contribution in [0.15, 0.2) is 24.5 Å². The number of hydrogen-bond donors (Lipinski definition) is 1. The van der Waals surface area contributed by atoms with Crippen LogP contribution in [0.1, 0.15) is 26.2 Å². The van der Waals surface area contributed by atoms with Gasteiger partial charge in [-0.1, -0.05) is 13.0 Å². The molecule has 4 nitrogen and oxygen atoms in total. The molecule has 100 valence electrons. The number of nitrogens with two attached hydrogens (primary N) is 1. The molecule has 0 radical (unpaired) electrons. The van der Waals surface area contributed by atoms with Gasteiger partial charge in [-0.25, -0.2) is 0 Å². The summed E-state index contributed by atoms with van der Waals surface area (Å²) in [6.45, 7) is 3.35. The van der Waals surface area contributed by atoms with E-state index >= 15 is 0 Å². The summed E-state index contributed by atoms with van der Waals surface area (Å²) in [5.41, 5.74) is 8.19. The maximum absolute atomic E-state index is 6.07. The molecule has 1 fully saturated rings. The Morgan fingerprint density at radius 3 is 3.16 bits per heavy atom. The van der Waals surface area contributed by atoms with Gasteiger partial charge in [0.05, 0.1) is 5.56 Å². The zero-order valence-corrected chi connectivity index (χ0v) is 11.9. The molecule has 3 heterocycles. The molecule has 2 aromatic rings. The number of nitrogen functional groups attached to an aromatic ring is 1. The predicted molar refractivity (Wildman–Crippen MR) is 80.4 cm³/mol. The number of nitrogens with zero attached hydrogens (tertiary/aromatic N) is 3. The van der Waals surface area contributed by atoms with Gasteiger partial charge in [0.1, 0.15) is 10.8 Å². The monoisotopic (exact) mass is 274 g/mol. The van der Waals surface area contributed by atoms with Crippen molar-refractivity contribution in [2.24, 2.45) is 0 Å². The van der Waals surface area contributed by atoms with E-state index in [0.29, 0.717) is 11.9 Å². The van der Waals surface area contributed by atoms with Crippen molar-refractivity contribution in [2.75, 3.05) is 17.2 Å². The molecule has 3 rings (SSSR count). The third-order valence-corrected chi connectivity index (χ3v) is 4.66. The normalized spacial score (nSPS) is 19.0. The second-order valence-electron chi connectivity index (χ2n) is 4.89. The highest BCUT2D eigenvalue weighted by atomic mass is 32.1. The van der Waals surface area contributed by atoms with Gasteiger partial charge in [-0.3, -0.25) is 4.98 Å². The van der Waals surface area contributed by atoms with E-state index < -0.39 is 0 Å². The molecule has 0 bridgehead atoms. The highest BCUT2D eigenvalue weighted by Gasteiger charge is 2.28. The fourth-order valence-electron chi connectivity index (χ4n) is 2.80. The molecule has 0 spiro atoms. The maximum Gasteiger partial charge on any atom is 0.147 e. The summed E-state index contributed by atoms with van der Waals surface area (Å²) in [6, 6.07) is 4.61. The van der Waals surface area contributed by atoms with Crippen LogP contribution in [0.5, 0.6) is 0 Å². The lowest BCUT2D eigenvalue weighted by atomic mass is 10.1. The van der Waals surface area contributed by atoms with E-state index in [1.54, 1.807) is 6.20 Å². The van der Waals surface area contributed by atoms with Crippen molar-refractivity contribution >= 4 is 22.4 Å². The summed E-state index contributed by atoms with van der Waals surface area (Å²) in [5, 5.41) is 1.20. The fourth-order valence-corrected chi connectivity index (χ4v) is 3.73. The molecule has 1 aliphatic heterocycles. The minimum atomic E-state index is 0.620. The van der Waals surface area contributed by atoms with E-state index in [1.807, 2.05) is 18.3 Å². The number of rotatable bonds is 3. The van der Waals surface area contributed by atoms with E-state index in [2.05, 4.69) is 21.2 Å². The average molecular weight is 274 g/mol. The van der Waals surface area contributed by atoms with Gasteiger partial charge in [0.25, 0.3) is 0 Å². The summed E-state index contributed by atoms with van der Waals surface area (Å²) < 4.78 is 4.36. The average Bonchev–Trinajstić information content (AvgIpc) is 3.05. The van der Waals surface area contributed by atoms with Gasteiger partial charge in [0.2, 0.25) is 0 Å². The van der Waals surface area contributed by atoms with Gasteiger partial charge in [-0.15, -0.1) is 0 Å². The lowest BCUT2D eigenvalue weighted by Gasteiger charge is -2.25. The minimum Gasteiger partial charge on any atom is -0.382 e. The molecule has 1 saturated heterocycles. The Bertz CT molecular complexity index is 552. The van der Waals surface area contributed by atoms with Crippen LogP contribution in [-0.2, 0) is 0 Å². The SMILES string of the molecule is CCC1CCCN1c1snc(N)c1-c1cccnc1. The quantitative estimate of drug-likeness (QED) is 0.934. The third-order valence-electron chi connectivity index (χ3n) is 3.76. The molecule has 19 heavy (non-hydrogen) atoms. The Balaban J connectivity index is 2.04. The minimum absolute atomic E-state index is 0.620. The largest absolute Gasteiger partial charge is 0.382 e. The lowest BCUT2D eigenvalue weighted by Crippen LogP contribution is -2.28. The standard InChI is InChI=1S/C14H18N4S/c1-2-11-6-4-8-18(11)14-12(13(15)17-19-14)10-5-3-7-16-9-10/h3,5,7,9,11H,2,4,6,8H2,1H3,(H2,15,17). The Hall–Kier alpha value is -1.62. The molecular formula is C14H18N4S. The Morgan fingerprint density at radius 2 is 2.42 bits per heavy atom. The molecule has 0 aliphatic carbocycles. The fraction of sp³-hybridized carbons (Fsp3) is 0.429. The highest BCUT2D eigenvalue weighted by molar-refractivity contribution is 7.11. The van der Waals surface area contributed by atoms with E-state index in [-0.39, 0.29) is 0 Å². The van der Waals surface area contributed by atoms with Crippen LogP contribution in [0.4, 0.5) is 10.8 Å². The van der Waals surface area contributed by atoms with Crippen LogP contribution < -0.4 is 10.6 Å². The molecular weight excluding hydrogens is 256 g/mol. The van der Waals surface area contributed by atoms with Crippen molar-refractivity contribution < 1.29 is 0 Å². The molecule has 5 heteroatoms. The second-order valence-corrected chi connectivity index (χ2v) is 5.64. The zero-order chi connectivity index (χ0) is 13.2. The number of pyridine rings is 1. The number of hydrogen-bond acceptors (Lipinski definition) is 5. The first-order chi connectivity index (χ1) is 9.31. The van der Waals surface area contributed by atoms with Crippen molar-refractivity contribution in [2.45, 2.75) is 32.2 Å². The first-order valence-corrected chi connectivity index (χ1v) is 7.50. The van der Waals surface area contributed by atoms with Gasteiger partial charge < -0.3 is 10.6 Å². The van der Waals surface area contributed by atoms with Crippen molar-refractivity contribution in [3.8, 4) is 11.1 Å². The van der Waals surface area contributed by atoms with Crippen LogP contribution in [0, 0.1) is 0 Å². The molecule has 1 aliphatic rings. The van der Waals surface area contributed by atoms with Crippen molar-refractivity contribution in [3.05, 3.63) is 24.5 Å². The molecule has 0 aromatic carbocycles. The van der Waals surface area contributed by atoms with Crippen LogP contribution in [0.2, 0.25) is 0 Å². The molecule has 2 aromatic heterocycles. The van der Waals surface area contributed by atoms with Gasteiger partial charge in [0.15, 0.2) is 0 Å². The van der Waals surface area contributed by atoms with Gasteiger partial charge in [-0.05, 0) is 36.9 Å². The molecule has 0 saturated carbocycles. The Labute approximate surface area is 117 Å². The highest BCUT2D eigenvalue weighted by Crippen LogP contribution is 2.42. The molecule has 2 N–H and O–H groups in total. The maximum atomic E-state index is 6.07. The Kier molecular flexibility index (Phi) is 3.38. The van der Waals surface area contributed by atoms with Crippen LogP contribution >= 0.6 is 11.5 Å². The van der Waals surface area contributed by atoms with Gasteiger partial charge in [-0.2, -0.15) is 4.37 Å². The summed E-state index contributed by atoms with van der Waals surface area (Å²) in [5.74, 6) is 0.620. The van der Waals surface area contributed by atoms with E-state index in [0.717, 1.165) is 17.7 Å². The van der Waals surface area contributed by atoms with Crippen LogP contribution in [0.25, 0.3) is 11.1 Å². The number of aromatic nitrogens is 2. The second kappa shape index (κ2) is 5.17.